The molecule has 15 heteroatoms. The molecule has 0 saturated carbocycles. The molecule has 7 rings (SSSR count). The Labute approximate surface area is 354 Å². The fourth-order valence-electron chi connectivity index (χ4n) is 7.10. The average Bonchev–Trinajstić information content (AvgIpc) is 3.85. The molecular formula is C44H43ClFN5O6S2. The first-order chi connectivity index (χ1) is 28.7. The van der Waals surface area contributed by atoms with Crippen molar-refractivity contribution >= 4 is 72.6 Å². The normalized spacial score (nSPS) is 12.4. The van der Waals surface area contributed by atoms with Crippen LogP contribution in [0.2, 0.25) is 5.02 Å². The lowest BCUT2D eigenvalue weighted by atomic mass is 9.94. The lowest BCUT2D eigenvalue weighted by Gasteiger charge is -2.29. The fourth-order valence-corrected chi connectivity index (χ4v) is 9.33. The number of methoxy groups -OCH3 is 1. The number of aliphatic carboxylic acids is 1. The maximum Gasteiger partial charge on any atom is 0.357 e. The third kappa shape index (κ3) is 10.4. The SMILES string of the molecule is COC(=O)c1nc(N2CCc3cccc(C(=O)Nc4nc5ccccc5s4)c3C2)sc1CCCOc1ccc(-c2ncc(CCCCCCCC(=O)O)cc2F)c(Cl)c1. The maximum absolute atomic E-state index is 15.2. The van der Waals surface area contributed by atoms with Crippen molar-refractivity contribution in [3.8, 4) is 17.0 Å². The van der Waals surface area contributed by atoms with Crippen molar-refractivity contribution in [1.82, 2.24) is 15.0 Å². The van der Waals surface area contributed by atoms with Gasteiger partial charge in [0.05, 0.1) is 29.0 Å². The molecule has 0 bridgehead atoms. The molecule has 59 heavy (non-hydrogen) atoms. The summed E-state index contributed by atoms with van der Waals surface area (Å²) in [5.74, 6) is -1.44. The van der Waals surface area contributed by atoms with E-state index in [1.807, 2.05) is 42.5 Å². The molecule has 0 spiro atoms. The first-order valence-electron chi connectivity index (χ1n) is 19.6. The zero-order valence-electron chi connectivity index (χ0n) is 32.5. The van der Waals surface area contributed by atoms with Crippen molar-refractivity contribution in [1.29, 1.82) is 0 Å². The van der Waals surface area contributed by atoms with Gasteiger partial charge in [0.25, 0.3) is 5.91 Å². The summed E-state index contributed by atoms with van der Waals surface area (Å²) in [7, 11) is 1.34. The Morgan fingerprint density at radius 2 is 1.78 bits per heavy atom. The number of carboxylic acid groups (broad SMARTS) is 1. The minimum Gasteiger partial charge on any atom is -0.494 e. The summed E-state index contributed by atoms with van der Waals surface area (Å²) in [4.78, 5) is 53.6. The third-order valence-corrected chi connectivity index (χ3v) is 12.6. The lowest BCUT2D eigenvalue weighted by Crippen LogP contribution is -2.32. The maximum atomic E-state index is 15.2. The van der Waals surface area contributed by atoms with Crippen LogP contribution in [0.25, 0.3) is 21.5 Å². The number of amides is 1. The zero-order valence-corrected chi connectivity index (χ0v) is 34.9. The number of anilines is 2. The van der Waals surface area contributed by atoms with Crippen molar-refractivity contribution in [2.45, 2.75) is 70.8 Å². The van der Waals surface area contributed by atoms with Crippen molar-refractivity contribution in [3.63, 3.8) is 0 Å². The summed E-state index contributed by atoms with van der Waals surface area (Å²) in [6.07, 6.45) is 8.65. The molecule has 0 aliphatic carbocycles. The summed E-state index contributed by atoms with van der Waals surface area (Å²) in [5, 5.41) is 13.3. The molecule has 11 nitrogen and oxygen atoms in total. The van der Waals surface area contributed by atoms with Gasteiger partial charge in [-0.3, -0.25) is 19.9 Å². The molecule has 306 valence electrons. The molecule has 4 heterocycles. The van der Waals surface area contributed by atoms with Crippen LogP contribution in [0.3, 0.4) is 0 Å². The van der Waals surface area contributed by atoms with E-state index in [1.54, 1.807) is 24.4 Å². The predicted molar refractivity (Wildman–Crippen MR) is 230 cm³/mol. The Morgan fingerprint density at radius 1 is 0.949 bits per heavy atom. The minimum atomic E-state index is -0.771. The van der Waals surface area contributed by atoms with Crippen molar-refractivity contribution in [2.24, 2.45) is 0 Å². The Kier molecular flexibility index (Phi) is 13.8. The van der Waals surface area contributed by atoms with Crippen LogP contribution in [0.1, 0.15) is 87.4 Å². The van der Waals surface area contributed by atoms with Gasteiger partial charge in [0, 0.05) is 41.7 Å². The number of nitrogens with one attached hydrogen (secondary N) is 1. The van der Waals surface area contributed by atoms with Gasteiger partial charge in [0.15, 0.2) is 16.0 Å². The van der Waals surface area contributed by atoms with E-state index in [0.29, 0.717) is 84.0 Å². The molecule has 0 unspecified atom stereocenters. The van der Waals surface area contributed by atoms with Crippen LogP contribution < -0.4 is 15.0 Å². The number of para-hydroxylation sites is 1. The monoisotopic (exact) mass is 855 g/mol. The molecule has 1 aliphatic heterocycles. The highest BCUT2D eigenvalue weighted by molar-refractivity contribution is 7.22. The zero-order chi connectivity index (χ0) is 41.3. The lowest BCUT2D eigenvalue weighted by molar-refractivity contribution is -0.137. The second kappa shape index (κ2) is 19.5. The van der Waals surface area contributed by atoms with Gasteiger partial charge < -0.3 is 19.5 Å². The number of benzene rings is 3. The number of fused-ring (bicyclic) bond motifs is 2. The van der Waals surface area contributed by atoms with Gasteiger partial charge in [0.1, 0.15) is 17.3 Å². The number of halogens is 2. The second-order valence-electron chi connectivity index (χ2n) is 14.2. The average molecular weight is 856 g/mol. The summed E-state index contributed by atoms with van der Waals surface area (Å²) < 4.78 is 27.3. The minimum absolute atomic E-state index is 0.163. The number of unbranched alkanes of at least 4 members (excludes halogenated alkanes) is 4. The van der Waals surface area contributed by atoms with Crippen LogP contribution in [-0.2, 0) is 35.3 Å². The molecule has 0 fully saturated rings. The van der Waals surface area contributed by atoms with Crippen LogP contribution in [0.15, 0.2) is 72.9 Å². The van der Waals surface area contributed by atoms with Crippen LogP contribution >= 0.6 is 34.3 Å². The van der Waals surface area contributed by atoms with Gasteiger partial charge >= 0.3 is 11.9 Å². The number of hydrogen-bond acceptors (Lipinski definition) is 11. The first-order valence-corrected chi connectivity index (χ1v) is 21.6. The number of pyridine rings is 1. The standard InChI is InChI=1S/C44H43ClFN5O6S2/c1-56-42(55)40-37(16-10-22-57-29-18-19-31(33(45)24-29)39-34(46)23-27(25-47-39)11-5-3-2-4-6-17-38(52)53)59-44(49-40)51-21-20-28-12-9-13-30(32(28)26-51)41(54)50-43-48-35-14-7-8-15-36(35)58-43/h7-9,12-15,18-19,23-25H,2-6,10-11,16-17,20-22,26H2,1H3,(H,52,53)(H,48,50,54). The van der Waals surface area contributed by atoms with Crippen LogP contribution in [0.4, 0.5) is 14.7 Å². The molecule has 3 aromatic heterocycles. The van der Waals surface area contributed by atoms with Gasteiger partial charge in [-0.05, 0) is 97.7 Å². The number of carbonyl (C=O) groups is 3. The van der Waals surface area contributed by atoms with Crippen molar-refractivity contribution in [2.75, 3.05) is 30.5 Å². The smallest absolute Gasteiger partial charge is 0.357 e. The predicted octanol–water partition coefficient (Wildman–Crippen LogP) is 10.2. The van der Waals surface area contributed by atoms with E-state index < -0.39 is 17.8 Å². The summed E-state index contributed by atoms with van der Waals surface area (Å²) in [6, 6.07) is 20.1. The topological polar surface area (TPSA) is 144 Å². The van der Waals surface area contributed by atoms with Gasteiger partial charge in [-0.15, -0.1) is 11.3 Å². The van der Waals surface area contributed by atoms with E-state index in [9.17, 15) is 14.4 Å². The molecule has 1 aliphatic rings. The van der Waals surface area contributed by atoms with E-state index in [-0.39, 0.29) is 23.7 Å². The Morgan fingerprint density at radius 3 is 2.58 bits per heavy atom. The highest BCUT2D eigenvalue weighted by Crippen LogP contribution is 2.35. The highest BCUT2D eigenvalue weighted by atomic mass is 35.5. The number of rotatable bonds is 18. The number of hydrogen-bond donors (Lipinski definition) is 2. The van der Waals surface area contributed by atoms with E-state index in [1.165, 1.54) is 35.8 Å². The molecule has 1 amide bonds. The largest absolute Gasteiger partial charge is 0.494 e. The van der Waals surface area contributed by atoms with Crippen molar-refractivity contribution < 1.29 is 33.4 Å². The number of esters is 1. The molecule has 6 aromatic rings. The molecule has 0 radical (unpaired) electrons. The number of carbonyl (C=O) groups excluding carboxylic acids is 2. The van der Waals surface area contributed by atoms with Crippen LogP contribution in [-0.4, -0.2) is 58.2 Å². The van der Waals surface area contributed by atoms with Crippen LogP contribution in [0.5, 0.6) is 5.75 Å². The second-order valence-corrected chi connectivity index (χ2v) is 16.7. The van der Waals surface area contributed by atoms with E-state index in [4.69, 9.17) is 31.2 Å². The summed E-state index contributed by atoms with van der Waals surface area (Å²) in [5.41, 5.74) is 5.11. The Bertz CT molecular complexity index is 2440. The number of aryl methyl sites for hydroxylation is 2. The third-order valence-electron chi connectivity index (χ3n) is 10.1. The molecular weight excluding hydrogens is 813 g/mol. The summed E-state index contributed by atoms with van der Waals surface area (Å²) >= 11 is 9.46. The molecule has 0 atom stereocenters. The van der Waals surface area contributed by atoms with E-state index in [2.05, 4.69) is 20.2 Å². The summed E-state index contributed by atoms with van der Waals surface area (Å²) in [6.45, 7) is 1.45. The number of carboxylic acids is 1. The number of ether oxygens (including phenoxy) is 2. The van der Waals surface area contributed by atoms with Crippen LogP contribution in [0, 0.1) is 5.82 Å². The van der Waals surface area contributed by atoms with E-state index >= 15 is 4.39 Å². The number of nitrogens with zero attached hydrogens (tertiary/aromatic N) is 4. The molecule has 0 saturated heterocycles. The van der Waals surface area contributed by atoms with E-state index in [0.717, 1.165) is 57.5 Å². The van der Waals surface area contributed by atoms with Gasteiger partial charge in [-0.2, -0.15) is 0 Å². The van der Waals surface area contributed by atoms with Crippen molar-refractivity contribution in [3.05, 3.63) is 117 Å². The molecule has 2 N–H and O–H groups in total. The number of aromatic nitrogens is 3. The quantitative estimate of drug-likeness (QED) is 0.0633. The molecule has 3 aromatic carbocycles. The number of thiazole rings is 2. The van der Waals surface area contributed by atoms with Gasteiger partial charge in [-0.25, -0.2) is 19.2 Å². The highest BCUT2D eigenvalue weighted by Gasteiger charge is 2.27. The Hall–Kier alpha value is -5.44. The van der Waals surface area contributed by atoms with Gasteiger partial charge in [-0.1, -0.05) is 66.5 Å². The Balaban J connectivity index is 0.940. The first kappa shape index (κ1) is 41.7. The fraction of sp³-hybridized carbons (Fsp3) is 0.318. The van der Waals surface area contributed by atoms with Gasteiger partial charge in [0.2, 0.25) is 0 Å².